The third-order valence-corrected chi connectivity index (χ3v) is 2.01. The molecule has 0 saturated carbocycles. The molecule has 0 aliphatic heterocycles. The zero-order valence-electron chi connectivity index (χ0n) is 9.72. The first kappa shape index (κ1) is 13.4. The lowest BCUT2D eigenvalue weighted by Gasteiger charge is -2.14. The summed E-state index contributed by atoms with van der Waals surface area (Å²) in [5.41, 5.74) is 0.616. The Kier molecular flexibility index (Phi) is 5.72. The molecule has 0 amide bonds. The van der Waals surface area contributed by atoms with Crippen molar-refractivity contribution in [2.45, 2.75) is 46.3 Å². The Hall–Kier alpha value is -0.613. The Morgan fingerprint density at radius 3 is 2.36 bits per heavy atom. The second-order valence-corrected chi connectivity index (χ2v) is 8.63. The average Bonchev–Trinajstić information content (AvgIpc) is 2.09. The van der Waals surface area contributed by atoms with Crippen molar-refractivity contribution in [3.63, 3.8) is 0 Å². The average molecular weight is 216 g/mol. The van der Waals surface area contributed by atoms with Crippen molar-refractivity contribution < 1.29 is 14.3 Å². The fourth-order valence-electron chi connectivity index (χ4n) is 0.673. The minimum absolute atomic E-state index is 0.374. The maximum absolute atomic E-state index is 11.3. The maximum atomic E-state index is 11.3. The zero-order chi connectivity index (χ0) is 11.2. The molecular weight excluding hydrogens is 196 g/mol. The van der Waals surface area contributed by atoms with Crippen LogP contribution < -0.4 is 0 Å². The van der Waals surface area contributed by atoms with E-state index in [-0.39, 0.29) is 5.97 Å². The third kappa shape index (κ3) is 6.86. The van der Waals surface area contributed by atoms with E-state index in [1.54, 1.807) is 6.92 Å². The molecule has 0 spiro atoms. The summed E-state index contributed by atoms with van der Waals surface area (Å²) in [6.45, 7) is 9.70. The van der Waals surface area contributed by atoms with Crippen molar-refractivity contribution >= 4 is 14.3 Å². The second-order valence-electron chi connectivity index (χ2n) is 4.24. The number of hydrogen-bond donors (Lipinski definition) is 0. The highest BCUT2D eigenvalue weighted by atomic mass is 28.4. The van der Waals surface area contributed by atoms with Crippen LogP contribution in [0, 0.1) is 0 Å². The fourth-order valence-corrected chi connectivity index (χ4v) is 0.998. The first-order valence-electron chi connectivity index (χ1n) is 4.93. The number of carbonyl (C=O) groups is 1. The number of hydrogen-bond acceptors (Lipinski definition) is 3. The molecule has 0 aromatic rings. The van der Waals surface area contributed by atoms with Gasteiger partial charge in [0.05, 0.1) is 0 Å². The Morgan fingerprint density at radius 1 is 1.36 bits per heavy atom. The number of allylic oxidation sites excluding steroid dienone is 1. The molecule has 0 aliphatic rings. The molecule has 0 unspecified atom stereocenters. The van der Waals surface area contributed by atoms with Gasteiger partial charge in [-0.15, -0.1) is 0 Å². The van der Waals surface area contributed by atoms with Crippen LogP contribution in [-0.2, 0) is 14.3 Å². The van der Waals surface area contributed by atoms with Crippen LogP contribution in [0.15, 0.2) is 11.6 Å². The molecule has 0 N–H and O–H groups in total. The highest BCUT2D eigenvalue weighted by Crippen LogP contribution is 2.06. The summed E-state index contributed by atoms with van der Waals surface area (Å²) in [6.07, 6.45) is 3.79. The lowest BCUT2D eigenvalue weighted by molar-refractivity contribution is -0.214. The molecule has 0 atom stereocenters. The smallest absolute Gasteiger partial charge is 0.305 e. The van der Waals surface area contributed by atoms with Gasteiger partial charge < -0.3 is 4.89 Å². The van der Waals surface area contributed by atoms with E-state index in [1.807, 2.05) is 25.7 Å². The van der Waals surface area contributed by atoms with E-state index in [0.717, 1.165) is 12.8 Å². The number of carbonyl (C=O) groups excluding carboxylic acids is 1. The van der Waals surface area contributed by atoms with E-state index in [4.69, 9.17) is 9.46 Å². The van der Waals surface area contributed by atoms with Crippen LogP contribution in [0.4, 0.5) is 0 Å². The van der Waals surface area contributed by atoms with Gasteiger partial charge in [-0.2, -0.15) is 0 Å². The fraction of sp³-hybridized carbons (Fsp3) is 0.700. The molecule has 0 aromatic carbocycles. The van der Waals surface area contributed by atoms with Crippen LogP contribution in [0.3, 0.4) is 0 Å². The predicted octanol–water partition coefficient (Wildman–Crippen LogP) is 3.04. The van der Waals surface area contributed by atoms with Crippen LogP contribution in [0.5, 0.6) is 0 Å². The van der Waals surface area contributed by atoms with Gasteiger partial charge in [0, 0.05) is 5.57 Å². The number of rotatable bonds is 5. The topological polar surface area (TPSA) is 35.5 Å². The van der Waals surface area contributed by atoms with Crippen LogP contribution in [-0.4, -0.2) is 14.3 Å². The van der Waals surface area contributed by atoms with Crippen LogP contribution in [0.25, 0.3) is 0 Å². The van der Waals surface area contributed by atoms with E-state index < -0.39 is 8.32 Å². The molecule has 0 heterocycles. The monoisotopic (exact) mass is 216 g/mol. The van der Waals surface area contributed by atoms with Gasteiger partial charge in [-0.1, -0.05) is 19.4 Å². The standard InChI is InChI=1S/C10H20O3Si/c1-6-7-8-9(2)10(11)12-13-14(3,4)5/h8H,6-7H2,1-5H3. The summed E-state index contributed by atoms with van der Waals surface area (Å²) in [7, 11) is -1.77. The van der Waals surface area contributed by atoms with Crippen molar-refractivity contribution in [2.24, 2.45) is 0 Å². The normalized spacial score (nSPS) is 12.8. The second kappa shape index (κ2) is 5.98. The van der Waals surface area contributed by atoms with Gasteiger partial charge >= 0.3 is 5.97 Å². The maximum Gasteiger partial charge on any atom is 0.367 e. The molecule has 0 rings (SSSR count). The quantitative estimate of drug-likeness (QED) is 0.307. The lowest BCUT2D eigenvalue weighted by atomic mass is 10.2. The molecule has 4 heteroatoms. The first-order chi connectivity index (χ1) is 6.37. The highest BCUT2D eigenvalue weighted by Gasteiger charge is 2.19. The molecule has 3 nitrogen and oxygen atoms in total. The lowest BCUT2D eigenvalue weighted by Crippen LogP contribution is -2.27. The minimum Gasteiger partial charge on any atom is -0.305 e. The van der Waals surface area contributed by atoms with Gasteiger partial charge in [0.2, 0.25) is 8.32 Å². The van der Waals surface area contributed by atoms with Gasteiger partial charge in [-0.3, -0.25) is 0 Å². The van der Waals surface area contributed by atoms with E-state index in [0.29, 0.717) is 5.57 Å². The SMILES string of the molecule is CCCC=C(C)C(=O)OO[Si](C)(C)C. The molecule has 0 aliphatic carbocycles. The molecule has 0 saturated heterocycles. The van der Waals surface area contributed by atoms with Gasteiger partial charge in [-0.05, 0) is 33.0 Å². The zero-order valence-corrected chi connectivity index (χ0v) is 10.7. The van der Waals surface area contributed by atoms with Crippen molar-refractivity contribution in [1.29, 1.82) is 0 Å². The molecule has 0 aromatic heterocycles. The molecule has 0 radical (unpaired) electrons. The van der Waals surface area contributed by atoms with Crippen molar-refractivity contribution in [1.82, 2.24) is 0 Å². The minimum atomic E-state index is -1.77. The third-order valence-electron chi connectivity index (χ3n) is 1.43. The molecular formula is C10H20O3Si. The van der Waals surface area contributed by atoms with Crippen LogP contribution >= 0.6 is 0 Å². The van der Waals surface area contributed by atoms with Gasteiger partial charge in [0.25, 0.3) is 0 Å². The Labute approximate surface area is 87.2 Å². The van der Waals surface area contributed by atoms with Crippen molar-refractivity contribution in [3.8, 4) is 0 Å². The van der Waals surface area contributed by atoms with E-state index in [9.17, 15) is 4.79 Å². The summed E-state index contributed by atoms with van der Waals surface area (Å²) in [5.74, 6) is -0.374. The van der Waals surface area contributed by atoms with Crippen molar-refractivity contribution in [3.05, 3.63) is 11.6 Å². The molecule has 0 bridgehead atoms. The van der Waals surface area contributed by atoms with E-state index >= 15 is 0 Å². The molecule has 82 valence electrons. The highest BCUT2D eigenvalue weighted by molar-refractivity contribution is 6.69. The number of unbranched alkanes of at least 4 members (excludes halogenated alkanes) is 1. The first-order valence-corrected chi connectivity index (χ1v) is 8.34. The van der Waals surface area contributed by atoms with Crippen molar-refractivity contribution in [2.75, 3.05) is 0 Å². The molecule has 0 fully saturated rings. The van der Waals surface area contributed by atoms with Crippen LogP contribution in [0.2, 0.25) is 19.6 Å². The van der Waals surface area contributed by atoms with E-state index in [1.165, 1.54) is 0 Å². The Bertz CT molecular complexity index is 216. The Balaban J connectivity index is 3.97. The predicted molar refractivity (Wildman–Crippen MR) is 59.2 cm³/mol. The van der Waals surface area contributed by atoms with Gasteiger partial charge in [0.15, 0.2) is 0 Å². The largest absolute Gasteiger partial charge is 0.367 e. The van der Waals surface area contributed by atoms with Gasteiger partial charge in [-0.25, -0.2) is 9.37 Å². The summed E-state index contributed by atoms with van der Waals surface area (Å²) in [6, 6.07) is 0. The summed E-state index contributed by atoms with van der Waals surface area (Å²) >= 11 is 0. The molecule has 14 heavy (non-hydrogen) atoms. The summed E-state index contributed by atoms with van der Waals surface area (Å²) in [4.78, 5) is 16.0. The summed E-state index contributed by atoms with van der Waals surface area (Å²) < 4.78 is 5.04. The van der Waals surface area contributed by atoms with Gasteiger partial charge in [0.1, 0.15) is 0 Å². The summed E-state index contributed by atoms with van der Waals surface area (Å²) in [5, 5.41) is 0. The Morgan fingerprint density at radius 2 is 1.93 bits per heavy atom. The van der Waals surface area contributed by atoms with Crippen LogP contribution in [0.1, 0.15) is 26.7 Å². The van der Waals surface area contributed by atoms with E-state index in [2.05, 4.69) is 6.92 Å².